The number of rotatable bonds is 18. The maximum Gasteiger partial charge on any atom is 0.303 e. The fourth-order valence-corrected chi connectivity index (χ4v) is 5.28. The topological polar surface area (TPSA) is 113 Å². The monoisotopic (exact) mass is 540 g/mol. The standard InChI is InChI=1S/C32H44O7/c1-2-10-24-23(15-16-27-29(35)19-22-39-32(24)27)11-5-3-6-13-28(34)25-12-9-14-30(26(25)17-18-31(36)37)38-21-8-4-7-20-33/h9,12,14-16,28,33-34H,2-8,10-11,13,17-22H2,1H3,(H,36,37). The minimum absolute atomic E-state index is 0.0270. The summed E-state index contributed by atoms with van der Waals surface area (Å²) in [7, 11) is 0. The minimum Gasteiger partial charge on any atom is -0.493 e. The van der Waals surface area contributed by atoms with Crippen molar-refractivity contribution in [3.63, 3.8) is 0 Å². The van der Waals surface area contributed by atoms with Gasteiger partial charge in [-0.3, -0.25) is 9.59 Å². The number of aliphatic hydroxyl groups excluding tert-OH is 2. The number of hydrogen-bond donors (Lipinski definition) is 3. The fraction of sp³-hybridized carbons (Fsp3) is 0.562. The highest BCUT2D eigenvalue weighted by atomic mass is 16.5. The molecule has 1 heterocycles. The highest BCUT2D eigenvalue weighted by Crippen LogP contribution is 2.34. The maximum atomic E-state index is 12.3. The molecule has 2 aromatic rings. The number of ether oxygens (including phenoxy) is 2. The number of Topliss-reactive ketones (excluding diaryl/α,β-unsaturated/α-hetero) is 1. The van der Waals surface area contributed by atoms with Gasteiger partial charge in [-0.15, -0.1) is 0 Å². The molecule has 7 nitrogen and oxygen atoms in total. The van der Waals surface area contributed by atoms with Gasteiger partial charge in [0.05, 0.1) is 24.9 Å². The van der Waals surface area contributed by atoms with E-state index in [9.17, 15) is 19.8 Å². The van der Waals surface area contributed by atoms with E-state index in [1.807, 2.05) is 24.3 Å². The first-order valence-electron chi connectivity index (χ1n) is 14.5. The molecule has 3 rings (SSSR count). The van der Waals surface area contributed by atoms with E-state index in [1.54, 1.807) is 0 Å². The second kappa shape index (κ2) is 16.3. The molecule has 0 fully saturated rings. The van der Waals surface area contributed by atoms with Gasteiger partial charge in [-0.1, -0.05) is 44.4 Å². The average Bonchev–Trinajstić information content (AvgIpc) is 2.92. The predicted molar refractivity (Wildman–Crippen MR) is 151 cm³/mol. The van der Waals surface area contributed by atoms with Crippen molar-refractivity contribution in [3.05, 3.63) is 58.1 Å². The van der Waals surface area contributed by atoms with Crippen molar-refractivity contribution in [3.8, 4) is 11.5 Å². The van der Waals surface area contributed by atoms with Gasteiger partial charge in [0.25, 0.3) is 0 Å². The van der Waals surface area contributed by atoms with Crippen LogP contribution in [-0.2, 0) is 24.1 Å². The molecule has 3 N–H and O–H groups in total. The van der Waals surface area contributed by atoms with Crippen LogP contribution >= 0.6 is 0 Å². The number of hydrogen-bond acceptors (Lipinski definition) is 6. The smallest absolute Gasteiger partial charge is 0.303 e. The van der Waals surface area contributed by atoms with Gasteiger partial charge in [0, 0.05) is 25.0 Å². The second-order valence-electron chi connectivity index (χ2n) is 10.3. The number of carbonyl (C=O) groups excluding carboxylic acids is 1. The zero-order valence-corrected chi connectivity index (χ0v) is 23.3. The lowest BCUT2D eigenvalue weighted by Gasteiger charge is -2.22. The number of ketones is 1. The van der Waals surface area contributed by atoms with Crippen LogP contribution in [0.5, 0.6) is 11.5 Å². The Labute approximate surface area is 232 Å². The molecule has 0 saturated carbocycles. The van der Waals surface area contributed by atoms with E-state index in [0.717, 1.165) is 74.7 Å². The summed E-state index contributed by atoms with van der Waals surface area (Å²) in [6, 6.07) is 9.55. The molecule has 0 spiro atoms. The van der Waals surface area contributed by atoms with Crippen molar-refractivity contribution >= 4 is 11.8 Å². The van der Waals surface area contributed by atoms with Crippen molar-refractivity contribution < 1.29 is 34.4 Å². The van der Waals surface area contributed by atoms with Crippen LogP contribution in [0.25, 0.3) is 0 Å². The lowest BCUT2D eigenvalue weighted by atomic mass is 9.91. The molecule has 2 aromatic carbocycles. The van der Waals surface area contributed by atoms with E-state index in [2.05, 4.69) is 13.0 Å². The summed E-state index contributed by atoms with van der Waals surface area (Å²) in [4.78, 5) is 23.6. The van der Waals surface area contributed by atoms with Crippen LogP contribution in [-0.4, -0.2) is 46.9 Å². The summed E-state index contributed by atoms with van der Waals surface area (Å²) in [6.45, 7) is 3.24. The third-order valence-electron chi connectivity index (χ3n) is 7.33. The normalized spacial score (nSPS) is 13.6. The number of unbranched alkanes of at least 4 members (excludes halogenated alkanes) is 4. The van der Waals surface area contributed by atoms with Crippen LogP contribution in [0.1, 0.15) is 110 Å². The summed E-state index contributed by atoms with van der Waals surface area (Å²) < 4.78 is 11.9. The molecule has 0 aromatic heterocycles. The van der Waals surface area contributed by atoms with Crippen LogP contribution in [0.15, 0.2) is 30.3 Å². The number of carboxylic acid groups (broad SMARTS) is 1. The number of aliphatic carboxylic acids is 1. The first kappa shape index (κ1) is 30.6. The van der Waals surface area contributed by atoms with Gasteiger partial charge in [0.1, 0.15) is 11.5 Å². The van der Waals surface area contributed by atoms with Crippen molar-refractivity contribution in [1.82, 2.24) is 0 Å². The molecule has 1 aliphatic rings. The zero-order chi connectivity index (χ0) is 28.0. The maximum absolute atomic E-state index is 12.3. The number of fused-ring (bicyclic) bond motifs is 1. The number of carboxylic acids is 1. The van der Waals surface area contributed by atoms with Crippen LogP contribution in [0.4, 0.5) is 0 Å². The van der Waals surface area contributed by atoms with Gasteiger partial charge >= 0.3 is 5.97 Å². The molecule has 0 saturated heterocycles. The van der Waals surface area contributed by atoms with E-state index in [-0.39, 0.29) is 18.8 Å². The number of carbonyl (C=O) groups is 2. The fourth-order valence-electron chi connectivity index (χ4n) is 5.28. The van der Waals surface area contributed by atoms with Gasteiger partial charge < -0.3 is 24.8 Å². The van der Waals surface area contributed by atoms with Gasteiger partial charge in [-0.25, -0.2) is 0 Å². The second-order valence-corrected chi connectivity index (χ2v) is 10.3. The molecule has 1 aliphatic heterocycles. The Morgan fingerprint density at radius 2 is 1.82 bits per heavy atom. The van der Waals surface area contributed by atoms with Crippen LogP contribution in [0.3, 0.4) is 0 Å². The summed E-state index contributed by atoms with van der Waals surface area (Å²) >= 11 is 0. The Kier molecular flexibility index (Phi) is 12.8. The van der Waals surface area contributed by atoms with Gasteiger partial charge in [0.2, 0.25) is 0 Å². The predicted octanol–water partition coefficient (Wildman–Crippen LogP) is 6.00. The van der Waals surface area contributed by atoms with Crippen molar-refractivity contribution in [1.29, 1.82) is 0 Å². The number of aliphatic hydroxyl groups is 2. The Hall–Kier alpha value is -2.90. The molecular weight excluding hydrogens is 496 g/mol. The molecule has 0 bridgehead atoms. The van der Waals surface area contributed by atoms with E-state index < -0.39 is 12.1 Å². The summed E-state index contributed by atoms with van der Waals surface area (Å²) in [5.74, 6) is 0.694. The van der Waals surface area contributed by atoms with E-state index >= 15 is 0 Å². The lowest BCUT2D eigenvalue weighted by Crippen LogP contribution is -2.17. The zero-order valence-electron chi connectivity index (χ0n) is 23.3. The summed E-state index contributed by atoms with van der Waals surface area (Å²) in [6.07, 6.45) is 8.56. The highest BCUT2D eigenvalue weighted by Gasteiger charge is 2.23. The molecule has 1 atom stereocenters. The van der Waals surface area contributed by atoms with Crippen molar-refractivity contribution in [2.24, 2.45) is 0 Å². The Bertz CT molecular complexity index is 1080. The van der Waals surface area contributed by atoms with Crippen molar-refractivity contribution in [2.45, 2.75) is 96.5 Å². The quantitative estimate of drug-likeness (QED) is 0.199. The van der Waals surface area contributed by atoms with Gasteiger partial charge in [0.15, 0.2) is 5.78 Å². The lowest BCUT2D eigenvalue weighted by molar-refractivity contribution is -0.136. The largest absolute Gasteiger partial charge is 0.493 e. The third kappa shape index (κ3) is 9.07. The Morgan fingerprint density at radius 1 is 1.00 bits per heavy atom. The van der Waals surface area contributed by atoms with E-state index in [1.165, 1.54) is 11.1 Å². The summed E-state index contributed by atoms with van der Waals surface area (Å²) in [5.41, 5.74) is 4.63. The molecule has 39 heavy (non-hydrogen) atoms. The van der Waals surface area contributed by atoms with Crippen LogP contribution in [0, 0.1) is 0 Å². The van der Waals surface area contributed by atoms with E-state index in [0.29, 0.717) is 43.8 Å². The first-order chi connectivity index (χ1) is 19.0. The number of benzene rings is 2. The minimum atomic E-state index is -0.882. The molecular formula is C32H44O7. The summed E-state index contributed by atoms with van der Waals surface area (Å²) in [5, 5.41) is 29.2. The van der Waals surface area contributed by atoms with Crippen LogP contribution < -0.4 is 9.47 Å². The molecule has 7 heteroatoms. The van der Waals surface area contributed by atoms with Crippen LogP contribution in [0.2, 0.25) is 0 Å². The average molecular weight is 541 g/mol. The van der Waals surface area contributed by atoms with Gasteiger partial charge in [-0.05, 0) is 80.2 Å². The highest BCUT2D eigenvalue weighted by molar-refractivity contribution is 6.00. The number of aryl methyl sites for hydroxylation is 1. The first-order valence-corrected chi connectivity index (χ1v) is 14.5. The molecule has 0 aliphatic carbocycles. The molecule has 1 unspecified atom stereocenters. The molecule has 214 valence electrons. The van der Waals surface area contributed by atoms with Gasteiger partial charge in [-0.2, -0.15) is 0 Å². The van der Waals surface area contributed by atoms with Crippen molar-refractivity contribution in [2.75, 3.05) is 19.8 Å². The van der Waals surface area contributed by atoms with E-state index in [4.69, 9.17) is 14.6 Å². The SMILES string of the molecule is CCCc1c(CCCCCC(O)c2cccc(OCCCCCO)c2CCC(=O)O)ccc2c1OCCC2=O. The third-order valence-corrected chi connectivity index (χ3v) is 7.33. The Morgan fingerprint density at radius 3 is 2.59 bits per heavy atom. The Balaban J connectivity index is 1.57. The molecule has 0 amide bonds. The molecule has 0 radical (unpaired) electrons.